The molecule has 0 aromatic heterocycles. The fraction of sp³-hybridized carbons (Fsp3) is 0.920. The second kappa shape index (κ2) is 10.0. The van der Waals surface area contributed by atoms with Gasteiger partial charge in [-0.05, 0) is 113 Å². The van der Waals surface area contributed by atoms with Crippen LogP contribution in [0.3, 0.4) is 0 Å². The van der Waals surface area contributed by atoms with E-state index in [-0.39, 0.29) is 17.7 Å². The van der Waals surface area contributed by atoms with E-state index >= 15 is 0 Å². The molecule has 5 rings (SSSR count). The fourth-order valence-electron chi connectivity index (χ4n) is 6.97. The molecule has 0 aromatic rings. The first-order chi connectivity index (χ1) is 15.2. The lowest BCUT2D eigenvalue weighted by Gasteiger charge is -2.39. The second-order valence-corrected chi connectivity index (χ2v) is 12.4. The van der Waals surface area contributed by atoms with Gasteiger partial charge in [-0.2, -0.15) is 11.8 Å². The third-order valence-electron chi connectivity index (χ3n) is 9.04. The minimum absolute atomic E-state index is 0.203. The van der Waals surface area contributed by atoms with Gasteiger partial charge >= 0.3 is 0 Å². The van der Waals surface area contributed by atoms with Crippen LogP contribution in [0.15, 0.2) is 0 Å². The Bertz CT molecular complexity index is 645. The van der Waals surface area contributed by atoms with Crippen molar-refractivity contribution in [3.05, 3.63) is 0 Å². The first-order valence-electron chi connectivity index (χ1n) is 13.1. The van der Waals surface area contributed by atoms with Crippen molar-refractivity contribution < 1.29 is 9.59 Å². The topological polar surface area (TPSA) is 70.2 Å². The quantitative estimate of drug-likeness (QED) is 0.584. The summed E-state index contributed by atoms with van der Waals surface area (Å²) >= 11 is 2.01. The zero-order valence-electron chi connectivity index (χ0n) is 19.0. The molecule has 6 atom stereocenters. The van der Waals surface area contributed by atoms with Crippen molar-refractivity contribution in [2.45, 2.75) is 81.9 Å². The Morgan fingerprint density at radius 2 is 1.71 bits per heavy atom. The van der Waals surface area contributed by atoms with Gasteiger partial charge in [0.1, 0.15) is 0 Å². The van der Waals surface area contributed by atoms with Gasteiger partial charge in [-0.15, -0.1) is 0 Å². The SMILES string of the molecule is O=C(NCC1CCCS1)C1CCC(C2CC2C(=O)NC2CCC3CNCCC3C2)CC1. The van der Waals surface area contributed by atoms with Gasteiger partial charge in [-0.25, -0.2) is 0 Å². The van der Waals surface area contributed by atoms with Crippen LogP contribution >= 0.6 is 11.8 Å². The molecule has 6 heteroatoms. The highest BCUT2D eigenvalue weighted by molar-refractivity contribution is 8.00. The van der Waals surface area contributed by atoms with Crippen molar-refractivity contribution in [3.8, 4) is 0 Å². The number of carbonyl (C=O) groups excluding carboxylic acids is 2. The predicted molar refractivity (Wildman–Crippen MR) is 126 cm³/mol. The molecule has 2 amide bonds. The molecule has 2 aliphatic heterocycles. The highest BCUT2D eigenvalue weighted by Gasteiger charge is 2.49. The van der Waals surface area contributed by atoms with Crippen molar-refractivity contribution in [1.82, 2.24) is 16.0 Å². The number of carbonyl (C=O) groups is 2. The summed E-state index contributed by atoms with van der Waals surface area (Å²) in [6.07, 6.45) is 12.8. The van der Waals surface area contributed by atoms with Crippen molar-refractivity contribution in [2.24, 2.45) is 35.5 Å². The third-order valence-corrected chi connectivity index (χ3v) is 10.4. The summed E-state index contributed by atoms with van der Waals surface area (Å²) in [4.78, 5) is 25.4. The number of rotatable bonds is 6. The number of fused-ring (bicyclic) bond motifs is 1. The predicted octanol–water partition coefficient (Wildman–Crippen LogP) is 3.34. The Balaban J connectivity index is 1.01. The summed E-state index contributed by atoms with van der Waals surface area (Å²) in [5.74, 6) is 5.19. The molecule has 5 fully saturated rings. The molecule has 3 N–H and O–H groups in total. The maximum atomic E-state index is 12.9. The molecule has 3 aliphatic carbocycles. The lowest BCUT2D eigenvalue weighted by atomic mass is 9.73. The van der Waals surface area contributed by atoms with Crippen molar-refractivity contribution in [3.63, 3.8) is 0 Å². The summed E-state index contributed by atoms with van der Waals surface area (Å²) in [5.41, 5.74) is 0. The van der Waals surface area contributed by atoms with Gasteiger partial charge in [0.05, 0.1) is 0 Å². The van der Waals surface area contributed by atoms with E-state index in [9.17, 15) is 9.59 Å². The Morgan fingerprint density at radius 3 is 2.52 bits per heavy atom. The third kappa shape index (κ3) is 5.43. The lowest BCUT2D eigenvalue weighted by Crippen LogP contribution is -2.46. The Hall–Kier alpha value is -0.750. The maximum Gasteiger partial charge on any atom is 0.223 e. The minimum Gasteiger partial charge on any atom is -0.355 e. The number of nitrogens with one attached hydrogen (secondary N) is 3. The van der Waals surface area contributed by atoms with Crippen LogP contribution < -0.4 is 16.0 Å². The normalized spacial score (nSPS) is 42.5. The number of hydrogen-bond donors (Lipinski definition) is 3. The molecular formula is C25H41N3O2S. The summed E-state index contributed by atoms with van der Waals surface area (Å²) in [5, 5.41) is 10.8. The van der Waals surface area contributed by atoms with Crippen molar-refractivity contribution >= 4 is 23.6 Å². The van der Waals surface area contributed by atoms with Crippen LogP contribution in [0, 0.1) is 35.5 Å². The van der Waals surface area contributed by atoms with Gasteiger partial charge in [-0.3, -0.25) is 9.59 Å². The molecule has 31 heavy (non-hydrogen) atoms. The molecule has 0 bridgehead atoms. The molecule has 2 heterocycles. The van der Waals surface area contributed by atoms with Crippen LogP contribution in [-0.4, -0.2) is 48.5 Å². The lowest BCUT2D eigenvalue weighted by molar-refractivity contribution is -0.127. The molecule has 6 unspecified atom stereocenters. The number of thioether (sulfide) groups is 1. The molecule has 0 radical (unpaired) electrons. The fourth-order valence-corrected chi connectivity index (χ4v) is 8.18. The molecular weight excluding hydrogens is 406 g/mol. The van der Waals surface area contributed by atoms with E-state index in [4.69, 9.17) is 0 Å². The van der Waals surface area contributed by atoms with E-state index in [1.165, 1.54) is 44.4 Å². The largest absolute Gasteiger partial charge is 0.355 e. The minimum atomic E-state index is 0.203. The first kappa shape index (κ1) is 22.1. The summed E-state index contributed by atoms with van der Waals surface area (Å²) in [7, 11) is 0. The van der Waals surface area contributed by atoms with Gasteiger partial charge in [0.15, 0.2) is 0 Å². The monoisotopic (exact) mass is 447 g/mol. The molecule has 174 valence electrons. The molecule has 3 saturated carbocycles. The Labute approximate surface area is 192 Å². The van der Waals surface area contributed by atoms with E-state index in [1.807, 2.05) is 11.8 Å². The Morgan fingerprint density at radius 1 is 0.871 bits per heavy atom. The number of amides is 2. The van der Waals surface area contributed by atoms with Crippen molar-refractivity contribution in [2.75, 3.05) is 25.4 Å². The van der Waals surface area contributed by atoms with Crippen LogP contribution in [0.1, 0.15) is 70.6 Å². The van der Waals surface area contributed by atoms with Gasteiger partial charge < -0.3 is 16.0 Å². The average molecular weight is 448 g/mol. The zero-order valence-corrected chi connectivity index (χ0v) is 19.8. The second-order valence-electron chi connectivity index (χ2n) is 11.0. The highest BCUT2D eigenvalue weighted by atomic mass is 32.2. The van der Waals surface area contributed by atoms with Gasteiger partial charge in [0.25, 0.3) is 0 Å². The van der Waals surface area contributed by atoms with Crippen LogP contribution in [0.25, 0.3) is 0 Å². The zero-order chi connectivity index (χ0) is 21.2. The molecule has 5 aliphatic rings. The maximum absolute atomic E-state index is 12.9. The highest BCUT2D eigenvalue weighted by Crippen LogP contribution is 2.50. The first-order valence-corrected chi connectivity index (χ1v) is 14.1. The van der Waals surface area contributed by atoms with Crippen LogP contribution in [-0.2, 0) is 9.59 Å². The molecule has 0 spiro atoms. The van der Waals surface area contributed by atoms with Gasteiger partial charge in [0.2, 0.25) is 11.8 Å². The van der Waals surface area contributed by atoms with E-state index in [1.54, 1.807) is 0 Å². The summed E-state index contributed by atoms with van der Waals surface area (Å²) < 4.78 is 0. The van der Waals surface area contributed by atoms with E-state index in [0.29, 0.717) is 29.0 Å². The van der Waals surface area contributed by atoms with E-state index in [2.05, 4.69) is 16.0 Å². The standard InChI is InChI=1S/C25H41N3O2S/c29-24(27-15-21-2-1-11-31-21)17-5-3-16(4-6-17)22-13-23(22)25(30)28-20-8-7-19-14-26-10-9-18(19)12-20/h16-23,26H,1-15H2,(H,27,29)(H,28,30). The smallest absolute Gasteiger partial charge is 0.223 e. The molecule has 2 saturated heterocycles. The van der Waals surface area contributed by atoms with Crippen LogP contribution in [0.5, 0.6) is 0 Å². The summed E-state index contributed by atoms with van der Waals surface area (Å²) in [6.45, 7) is 3.18. The van der Waals surface area contributed by atoms with Gasteiger partial charge in [-0.1, -0.05) is 0 Å². The molecule has 0 aromatic carbocycles. The van der Waals surface area contributed by atoms with Gasteiger partial charge in [0, 0.05) is 29.7 Å². The molecule has 5 nitrogen and oxygen atoms in total. The average Bonchev–Trinajstić information content (AvgIpc) is 3.44. The van der Waals surface area contributed by atoms with E-state index in [0.717, 1.165) is 63.5 Å². The van der Waals surface area contributed by atoms with Crippen molar-refractivity contribution in [1.29, 1.82) is 0 Å². The number of hydrogen-bond acceptors (Lipinski definition) is 4. The Kier molecular flexibility index (Phi) is 7.14. The van der Waals surface area contributed by atoms with Crippen LogP contribution in [0.2, 0.25) is 0 Å². The number of piperidine rings is 1. The summed E-state index contributed by atoms with van der Waals surface area (Å²) in [6, 6.07) is 0.408. The van der Waals surface area contributed by atoms with E-state index < -0.39 is 0 Å². The van der Waals surface area contributed by atoms with Crippen LogP contribution in [0.4, 0.5) is 0 Å².